The Morgan fingerprint density at radius 2 is 2.09 bits per heavy atom. The van der Waals surface area contributed by atoms with E-state index >= 15 is 0 Å². The minimum Gasteiger partial charge on any atom is -0.493 e. The number of hydrogen-bond acceptors (Lipinski definition) is 6. The number of nitrogens with zero attached hydrogens (tertiary/aromatic N) is 3. The number of methoxy groups -OCH3 is 1. The van der Waals surface area contributed by atoms with Crippen molar-refractivity contribution in [2.45, 2.75) is 38.6 Å². The second-order valence-electron chi connectivity index (χ2n) is 7.94. The Hall–Kier alpha value is -2.64. The number of nitrogens with one attached hydrogen (secondary N) is 1. The zero-order valence-electron chi connectivity index (χ0n) is 18.4. The molecule has 0 amide bonds. The molecule has 4 rings (SSSR count). The van der Waals surface area contributed by atoms with Gasteiger partial charge in [-0.25, -0.2) is 14.4 Å². The first-order valence-electron chi connectivity index (χ1n) is 11.0. The molecule has 0 unspecified atom stereocenters. The monoisotopic (exact) mass is 458 g/mol. The van der Waals surface area contributed by atoms with E-state index in [0.29, 0.717) is 41.2 Å². The van der Waals surface area contributed by atoms with Crippen LogP contribution in [0.1, 0.15) is 32.6 Å². The standard InChI is InChI=1S/C24H28ClFN4O2/c1-3-17-6-4-9-30(17)10-5-11-32-23-13-18-21(14-22(23)31-2)27-15-28-24(18)29-16-7-8-20(26)19(25)12-16/h7-8,12-15,17H,3-6,9-11H2,1-2H3,(H,27,28,29)/t17-/m1/s1. The van der Waals surface area contributed by atoms with Gasteiger partial charge in [-0.15, -0.1) is 0 Å². The molecule has 0 saturated carbocycles. The molecule has 1 aliphatic rings. The predicted octanol–water partition coefficient (Wildman–Crippen LogP) is 5.82. The van der Waals surface area contributed by atoms with Gasteiger partial charge in [-0.1, -0.05) is 18.5 Å². The summed E-state index contributed by atoms with van der Waals surface area (Å²) < 4.78 is 25.1. The summed E-state index contributed by atoms with van der Waals surface area (Å²) in [5.41, 5.74) is 1.34. The summed E-state index contributed by atoms with van der Waals surface area (Å²) in [5.74, 6) is 1.38. The average Bonchev–Trinajstić information content (AvgIpc) is 3.26. The van der Waals surface area contributed by atoms with Crippen molar-refractivity contribution in [2.24, 2.45) is 0 Å². The van der Waals surface area contributed by atoms with Crippen LogP contribution in [0.25, 0.3) is 10.9 Å². The van der Waals surface area contributed by atoms with Gasteiger partial charge >= 0.3 is 0 Å². The molecular weight excluding hydrogens is 431 g/mol. The van der Waals surface area contributed by atoms with E-state index in [1.807, 2.05) is 12.1 Å². The van der Waals surface area contributed by atoms with Crippen LogP contribution in [0.2, 0.25) is 5.02 Å². The van der Waals surface area contributed by atoms with Crippen molar-refractivity contribution in [3.63, 3.8) is 0 Å². The molecule has 2 heterocycles. The van der Waals surface area contributed by atoms with Crippen LogP contribution in [0, 0.1) is 5.82 Å². The molecule has 0 bridgehead atoms. The molecular formula is C24H28ClFN4O2. The Balaban J connectivity index is 1.50. The van der Waals surface area contributed by atoms with Crippen molar-refractivity contribution in [2.75, 3.05) is 32.1 Å². The summed E-state index contributed by atoms with van der Waals surface area (Å²) in [5, 5.41) is 4.01. The van der Waals surface area contributed by atoms with Crippen molar-refractivity contribution in [3.05, 3.63) is 47.5 Å². The molecule has 1 atom stereocenters. The number of likely N-dealkylation sites (tertiary alicyclic amines) is 1. The lowest BCUT2D eigenvalue weighted by atomic mass is 10.2. The van der Waals surface area contributed by atoms with Gasteiger partial charge in [0.2, 0.25) is 0 Å². The van der Waals surface area contributed by atoms with Gasteiger partial charge in [0, 0.05) is 29.7 Å². The molecule has 0 spiro atoms. The van der Waals surface area contributed by atoms with Crippen LogP contribution in [0.3, 0.4) is 0 Å². The number of hydrogen-bond donors (Lipinski definition) is 1. The van der Waals surface area contributed by atoms with Crippen molar-refractivity contribution >= 4 is 34.0 Å². The van der Waals surface area contributed by atoms with E-state index in [0.717, 1.165) is 18.4 Å². The van der Waals surface area contributed by atoms with Crippen molar-refractivity contribution in [1.29, 1.82) is 0 Å². The third kappa shape index (κ3) is 5.05. The summed E-state index contributed by atoms with van der Waals surface area (Å²) in [7, 11) is 1.62. The molecule has 170 valence electrons. The summed E-state index contributed by atoms with van der Waals surface area (Å²) in [6.07, 6.45) is 6.20. The van der Waals surface area contributed by atoms with Crippen LogP contribution < -0.4 is 14.8 Å². The van der Waals surface area contributed by atoms with Crippen molar-refractivity contribution in [1.82, 2.24) is 14.9 Å². The Labute approximate surface area is 192 Å². The van der Waals surface area contributed by atoms with E-state index in [9.17, 15) is 4.39 Å². The minimum atomic E-state index is -0.468. The fraction of sp³-hybridized carbons (Fsp3) is 0.417. The highest BCUT2D eigenvalue weighted by atomic mass is 35.5. The largest absolute Gasteiger partial charge is 0.493 e. The Bertz CT molecular complexity index is 1080. The molecule has 1 aromatic heterocycles. The maximum absolute atomic E-state index is 13.5. The van der Waals surface area contributed by atoms with Gasteiger partial charge in [0.25, 0.3) is 0 Å². The molecule has 1 N–H and O–H groups in total. The summed E-state index contributed by atoms with van der Waals surface area (Å²) >= 11 is 5.91. The maximum atomic E-state index is 13.5. The number of halogens is 2. The molecule has 0 radical (unpaired) electrons. The molecule has 2 aromatic carbocycles. The lowest BCUT2D eigenvalue weighted by Gasteiger charge is -2.23. The Morgan fingerprint density at radius 3 is 2.88 bits per heavy atom. The zero-order chi connectivity index (χ0) is 22.5. The molecule has 32 heavy (non-hydrogen) atoms. The van der Waals surface area contributed by atoms with Crippen LogP contribution in [0.4, 0.5) is 15.9 Å². The summed E-state index contributed by atoms with van der Waals surface area (Å²) in [4.78, 5) is 11.3. The summed E-state index contributed by atoms with van der Waals surface area (Å²) in [6, 6.07) is 8.87. The van der Waals surface area contributed by atoms with E-state index in [1.54, 1.807) is 13.2 Å². The number of anilines is 2. The van der Waals surface area contributed by atoms with E-state index in [2.05, 4.69) is 27.1 Å². The number of fused-ring (bicyclic) bond motifs is 1. The maximum Gasteiger partial charge on any atom is 0.162 e. The highest BCUT2D eigenvalue weighted by Gasteiger charge is 2.22. The first-order valence-corrected chi connectivity index (χ1v) is 11.4. The number of ether oxygens (including phenoxy) is 2. The Morgan fingerprint density at radius 1 is 1.22 bits per heavy atom. The zero-order valence-corrected chi connectivity index (χ0v) is 19.2. The lowest BCUT2D eigenvalue weighted by molar-refractivity contribution is 0.215. The van der Waals surface area contributed by atoms with Crippen LogP contribution >= 0.6 is 11.6 Å². The van der Waals surface area contributed by atoms with E-state index in [-0.39, 0.29) is 5.02 Å². The van der Waals surface area contributed by atoms with E-state index in [1.165, 1.54) is 44.3 Å². The van der Waals surface area contributed by atoms with Gasteiger partial charge in [-0.2, -0.15) is 0 Å². The fourth-order valence-electron chi connectivity index (χ4n) is 4.25. The van der Waals surface area contributed by atoms with Gasteiger partial charge in [-0.05, 0) is 56.5 Å². The predicted molar refractivity (Wildman–Crippen MR) is 126 cm³/mol. The highest BCUT2D eigenvalue weighted by molar-refractivity contribution is 6.31. The molecule has 6 nitrogen and oxygen atoms in total. The molecule has 0 aliphatic carbocycles. The van der Waals surface area contributed by atoms with Gasteiger partial charge in [0.1, 0.15) is 18.0 Å². The van der Waals surface area contributed by atoms with E-state index in [4.69, 9.17) is 21.1 Å². The van der Waals surface area contributed by atoms with Crippen LogP contribution in [-0.2, 0) is 0 Å². The average molecular weight is 459 g/mol. The van der Waals surface area contributed by atoms with Gasteiger partial charge in [0.15, 0.2) is 11.5 Å². The van der Waals surface area contributed by atoms with Crippen LogP contribution in [-0.4, -0.2) is 47.7 Å². The minimum absolute atomic E-state index is 0.0439. The Kier molecular flexibility index (Phi) is 7.27. The van der Waals surface area contributed by atoms with Crippen molar-refractivity contribution in [3.8, 4) is 11.5 Å². The smallest absolute Gasteiger partial charge is 0.162 e. The number of benzene rings is 2. The van der Waals surface area contributed by atoms with Gasteiger partial charge in [0.05, 0.1) is 24.3 Å². The molecule has 1 fully saturated rings. The van der Waals surface area contributed by atoms with Crippen LogP contribution in [0.5, 0.6) is 11.5 Å². The highest BCUT2D eigenvalue weighted by Crippen LogP contribution is 2.35. The van der Waals surface area contributed by atoms with Gasteiger partial charge in [-0.3, -0.25) is 0 Å². The molecule has 3 aromatic rings. The molecule has 8 heteroatoms. The van der Waals surface area contributed by atoms with E-state index < -0.39 is 5.82 Å². The van der Waals surface area contributed by atoms with Crippen molar-refractivity contribution < 1.29 is 13.9 Å². The van der Waals surface area contributed by atoms with Gasteiger partial charge < -0.3 is 19.7 Å². The van der Waals surface area contributed by atoms with Crippen LogP contribution in [0.15, 0.2) is 36.7 Å². The molecule has 1 saturated heterocycles. The SMILES string of the molecule is CC[C@@H]1CCCN1CCCOc1cc2c(Nc3ccc(F)c(Cl)c3)ncnc2cc1OC. The topological polar surface area (TPSA) is 59.5 Å². The lowest BCUT2D eigenvalue weighted by Crippen LogP contribution is -2.30. The first kappa shape index (κ1) is 22.6. The first-order chi connectivity index (χ1) is 15.6. The second kappa shape index (κ2) is 10.3. The third-order valence-corrected chi connectivity index (χ3v) is 6.21. The normalized spacial score (nSPS) is 16.4. The number of rotatable bonds is 9. The second-order valence-corrected chi connectivity index (χ2v) is 8.35. The fourth-order valence-corrected chi connectivity index (χ4v) is 4.43. The number of aromatic nitrogens is 2. The quantitative estimate of drug-likeness (QED) is 0.408. The summed E-state index contributed by atoms with van der Waals surface area (Å²) in [6.45, 7) is 5.07. The molecule has 1 aliphatic heterocycles. The third-order valence-electron chi connectivity index (χ3n) is 5.92.